The van der Waals surface area contributed by atoms with Gasteiger partial charge in [-0.05, 0) is 18.6 Å². The summed E-state index contributed by atoms with van der Waals surface area (Å²) in [6, 6.07) is 7.76. The highest BCUT2D eigenvalue weighted by atomic mass is 16.1. The van der Waals surface area contributed by atoms with E-state index in [1.54, 1.807) is 0 Å². The normalized spacial score (nSPS) is 10.6. The van der Waals surface area contributed by atoms with Crippen molar-refractivity contribution in [3.05, 3.63) is 35.5 Å². The van der Waals surface area contributed by atoms with Crippen molar-refractivity contribution in [1.29, 1.82) is 0 Å². The van der Waals surface area contributed by atoms with Crippen molar-refractivity contribution in [2.45, 2.75) is 19.9 Å². The molecule has 1 aromatic carbocycles. The van der Waals surface area contributed by atoms with Crippen molar-refractivity contribution in [3.63, 3.8) is 0 Å². The lowest BCUT2D eigenvalue weighted by Gasteiger charge is -2.05. The van der Waals surface area contributed by atoms with Gasteiger partial charge in [0.1, 0.15) is 0 Å². The zero-order valence-electron chi connectivity index (χ0n) is 9.64. The Balaban J connectivity index is 2.58. The van der Waals surface area contributed by atoms with Crippen molar-refractivity contribution >= 4 is 23.1 Å². The molecule has 2 N–H and O–H groups in total. The molecule has 2 aromatic rings. The van der Waals surface area contributed by atoms with E-state index >= 15 is 0 Å². The van der Waals surface area contributed by atoms with Crippen molar-refractivity contribution < 1.29 is 9.59 Å². The first-order valence-corrected chi connectivity index (χ1v) is 5.46. The SMILES string of the molecule is Cc1c(C=O)n(CCC(N)=O)c2ccccc12. The maximum absolute atomic E-state index is 11.1. The van der Waals surface area contributed by atoms with Gasteiger partial charge in [-0.1, -0.05) is 18.2 Å². The smallest absolute Gasteiger partial charge is 0.219 e. The minimum atomic E-state index is -0.364. The molecule has 1 amide bonds. The lowest BCUT2D eigenvalue weighted by molar-refractivity contribution is -0.118. The van der Waals surface area contributed by atoms with Crippen LogP contribution in [-0.2, 0) is 11.3 Å². The molecule has 4 nitrogen and oxygen atoms in total. The van der Waals surface area contributed by atoms with Gasteiger partial charge in [0.05, 0.1) is 5.69 Å². The number of primary amides is 1. The van der Waals surface area contributed by atoms with E-state index in [9.17, 15) is 9.59 Å². The summed E-state index contributed by atoms with van der Waals surface area (Å²) in [6.45, 7) is 2.35. The maximum atomic E-state index is 11.1. The predicted molar refractivity (Wildman–Crippen MR) is 65.9 cm³/mol. The average molecular weight is 230 g/mol. The minimum Gasteiger partial charge on any atom is -0.370 e. The second kappa shape index (κ2) is 4.41. The third-order valence-electron chi connectivity index (χ3n) is 2.97. The fourth-order valence-electron chi connectivity index (χ4n) is 2.11. The van der Waals surface area contributed by atoms with Gasteiger partial charge in [-0.25, -0.2) is 0 Å². The van der Waals surface area contributed by atoms with Crippen molar-refractivity contribution in [3.8, 4) is 0 Å². The van der Waals surface area contributed by atoms with E-state index in [0.717, 1.165) is 22.8 Å². The maximum Gasteiger partial charge on any atom is 0.219 e. The fraction of sp³-hybridized carbons (Fsp3) is 0.231. The first-order valence-electron chi connectivity index (χ1n) is 5.46. The Labute approximate surface area is 99.0 Å². The molecule has 88 valence electrons. The Bertz CT molecular complexity index is 584. The summed E-state index contributed by atoms with van der Waals surface area (Å²) in [7, 11) is 0. The molecule has 4 heteroatoms. The number of aldehydes is 1. The number of nitrogens with two attached hydrogens (primary N) is 1. The monoisotopic (exact) mass is 230 g/mol. The van der Waals surface area contributed by atoms with Crippen LogP contribution >= 0.6 is 0 Å². The molecule has 0 spiro atoms. The number of fused-ring (bicyclic) bond motifs is 1. The van der Waals surface area contributed by atoms with Crippen molar-refractivity contribution in [2.24, 2.45) is 5.73 Å². The number of aromatic nitrogens is 1. The van der Waals surface area contributed by atoms with Crippen LogP contribution in [0.25, 0.3) is 10.9 Å². The quantitative estimate of drug-likeness (QED) is 0.811. The number of rotatable bonds is 4. The van der Waals surface area contributed by atoms with Gasteiger partial charge in [0.15, 0.2) is 6.29 Å². The Morgan fingerprint density at radius 1 is 1.41 bits per heavy atom. The summed E-state index contributed by atoms with van der Waals surface area (Å²) in [5, 5.41) is 1.04. The lowest BCUT2D eigenvalue weighted by atomic mass is 10.2. The first kappa shape index (κ1) is 11.4. The lowest BCUT2D eigenvalue weighted by Crippen LogP contribution is -2.15. The number of aryl methyl sites for hydroxylation is 2. The molecule has 0 saturated carbocycles. The Kier molecular flexibility index (Phi) is 2.95. The number of amides is 1. The summed E-state index contributed by atoms with van der Waals surface area (Å²) >= 11 is 0. The number of para-hydroxylation sites is 1. The number of carbonyl (C=O) groups excluding carboxylic acids is 2. The summed E-state index contributed by atoms with van der Waals surface area (Å²) in [4.78, 5) is 22.0. The van der Waals surface area contributed by atoms with Crippen LogP contribution in [-0.4, -0.2) is 16.8 Å². The molecule has 0 unspecified atom stereocenters. The minimum absolute atomic E-state index is 0.235. The van der Waals surface area contributed by atoms with Gasteiger partial charge in [-0.2, -0.15) is 0 Å². The van der Waals surface area contributed by atoms with E-state index in [4.69, 9.17) is 5.73 Å². The highest BCUT2D eigenvalue weighted by Crippen LogP contribution is 2.24. The number of nitrogens with zero attached hydrogens (tertiary/aromatic N) is 1. The summed E-state index contributed by atoms with van der Waals surface area (Å²) in [6.07, 6.45) is 1.06. The van der Waals surface area contributed by atoms with E-state index in [2.05, 4.69) is 0 Å². The van der Waals surface area contributed by atoms with E-state index in [0.29, 0.717) is 12.2 Å². The molecule has 0 radical (unpaired) electrons. The third kappa shape index (κ3) is 1.93. The topological polar surface area (TPSA) is 65.1 Å². The highest BCUT2D eigenvalue weighted by molar-refractivity contribution is 5.93. The molecular formula is C13H14N2O2. The number of benzene rings is 1. The Morgan fingerprint density at radius 2 is 2.12 bits per heavy atom. The molecule has 0 saturated heterocycles. The highest BCUT2D eigenvalue weighted by Gasteiger charge is 2.13. The van der Waals surface area contributed by atoms with E-state index < -0.39 is 0 Å². The summed E-state index contributed by atoms with van der Waals surface area (Å²) in [5.74, 6) is -0.364. The van der Waals surface area contributed by atoms with Gasteiger partial charge >= 0.3 is 0 Å². The Morgan fingerprint density at radius 3 is 2.76 bits per heavy atom. The average Bonchev–Trinajstić information content (AvgIpc) is 2.60. The van der Waals surface area contributed by atoms with Crippen LogP contribution in [0.4, 0.5) is 0 Å². The second-order valence-electron chi connectivity index (χ2n) is 4.01. The molecule has 0 aliphatic rings. The standard InChI is InChI=1S/C13H14N2O2/c1-9-10-4-2-3-5-11(10)15(12(9)8-16)7-6-13(14)17/h2-5,8H,6-7H2,1H3,(H2,14,17). The third-order valence-corrected chi connectivity index (χ3v) is 2.97. The Hall–Kier alpha value is -2.10. The zero-order chi connectivity index (χ0) is 12.4. The van der Waals surface area contributed by atoms with Crippen LogP contribution in [0.2, 0.25) is 0 Å². The van der Waals surface area contributed by atoms with Crippen LogP contribution in [0.1, 0.15) is 22.5 Å². The summed E-state index contributed by atoms with van der Waals surface area (Å²) < 4.78 is 1.85. The van der Waals surface area contributed by atoms with Crippen LogP contribution < -0.4 is 5.73 Å². The van der Waals surface area contributed by atoms with Crippen LogP contribution in [0.3, 0.4) is 0 Å². The van der Waals surface area contributed by atoms with Gasteiger partial charge in [-0.15, -0.1) is 0 Å². The van der Waals surface area contributed by atoms with E-state index in [1.165, 1.54) is 0 Å². The van der Waals surface area contributed by atoms with Gasteiger partial charge in [0.2, 0.25) is 5.91 Å². The fourth-order valence-corrected chi connectivity index (χ4v) is 2.11. The molecular weight excluding hydrogens is 216 g/mol. The second-order valence-corrected chi connectivity index (χ2v) is 4.01. The zero-order valence-corrected chi connectivity index (χ0v) is 9.64. The molecule has 0 fully saturated rings. The molecule has 0 atom stereocenters. The van der Waals surface area contributed by atoms with Crippen molar-refractivity contribution in [1.82, 2.24) is 4.57 Å². The molecule has 17 heavy (non-hydrogen) atoms. The van der Waals surface area contributed by atoms with Gasteiger partial charge in [0.25, 0.3) is 0 Å². The predicted octanol–water partition coefficient (Wildman–Crippen LogP) is 1.64. The van der Waals surface area contributed by atoms with Crippen LogP contribution in [0.5, 0.6) is 0 Å². The number of hydrogen-bond donors (Lipinski definition) is 1. The number of carbonyl (C=O) groups is 2. The van der Waals surface area contributed by atoms with Crippen LogP contribution in [0.15, 0.2) is 24.3 Å². The molecule has 1 heterocycles. The molecule has 1 aromatic heterocycles. The molecule has 0 bridgehead atoms. The largest absolute Gasteiger partial charge is 0.370 e. The molecule has 2 rings (SSSR count). The first-order chi connectivity index (χ1) is 8.15. The van der Waals surface area contributed by atoms with Crippen LogP contribution in [0, 0.1) is 6.92 Å². The number of hydrogen-bond acceptors (Lipinski definition) is 2. The summed E-state index contributed by atoms with van der Waals surface area (Å²) in [5.41, 5.74) is 7.67. The molecule has 0 aliphatic carbocycles. The van der Waals surface area contributed by atoms with E-state index in [-0.39, 0.29) is 12.3 Å². The van der Waals surface area contributed by atoms with Gasteiger partial charge in [-0.3, -0.25) is 9.59 Å². The van der Waals surface area contributed by atoms with Gasteiger partial charge < -0.3 is 10.3 Å². The molecule has 0 aliphatic heterocycles. The van der Waals surface area contributed by atoms with Crippen molar-refractivity contribution in [2.75, 3.05) is 0 Å². The van der Waals surface area contributed by atoms with E-state index in [1.807, 2.05) is 35.8 Å². The van der Waals surface area contributed by atoms with Gasteiger partial charge in [0, 0.05) is 23.9 Å².